The number of benzene rings is 1. The maximum absolute atomic E-state index is 12.1. The third kappa shape index (κ3) is 4.68. The van der Waals surface area contributed by atoms with Crippen LogP contribution >= 0.6 is 0 Å². The first-order valence-corrected chi connectivity index (χ1v) is 7.93. The van der Waals surface area contributed by atoms with E-state index >= 15 is 0 Å². The molecule has 0 aromatic heterocycles. The molecule has 1 N–H and O–H groups in total. The Kier molecular flexibility index (Phi) is 6.16. The van der Waals surface area contributed by atoms with E-state index in [9.17, 15) is 9.90 Å². The van der Waals surface area contributed by atoms with Crippen LogP contribution in [-0.2, 0) is 6.54 Å². The first-order valence-electron chi connectivity index (χ1n) is 7.93. The highest BCUT2D eigenvalue weighted by Gasteiger charge is 2.21. The second-order valence-corrected chi connectivity index (χ2v) is 6.15. The van der Waals surface area contributed by atoms with Crippen LogP contribution in [0.2, 0.25) is 0 Å². The van der Waals surface area contributed by atoms with Crippen LogP contribution in [0, 0.1) is 0 Å². The Hall–Kier alpha value is -1.65. The minimum absolute atomic E-state index is 0.0212. The number of carbonyl (C=O) groups excluding carboxylic acids is 1. The van der Waals surface area contributed by atoms with Crippen LogP contribution in [0.25, 0.3) is 0 Å². The van der Waals surface area contributed by atoms with E-state index in [-0.39, 0.29) is 18.4 Å². The van der Waals surface area contributed by atoms with Crippen LogP contribution in [0.15, 0.2) is 36.5 Å². The van der Waals surface area contributed by atoms with Crippen LogP contribution < -0.4 is 0 Å². The molecule has 120 valence electrons. The SMILES string of the molecule is CN(C)C=CC(=O)c1cccc(CN2CCCCC2CO)c1. The molecule has 1 atom stereocenters. The zero-order valence-electron chi connectivity index (χ0n) is 13.5. The van der Waals surface area contributed by atoms with E-state index in [4.69, 9.17) is 0 Å². The van der Waals surface area contributed by atoms with Gasteiger partial charge in [0.1, 0.15) is 0 Å². The van der Waals surface area contributed by atoms with Gasteiger partial charge in [-0.1, -0.05) is 24.6 Å². The van der Waals surface area contributed by atoms with Crippen molar-refractivity contribution in [3.63, 3.8) is 0 Å². The average molecular weight is 302 g/mol. The molecule has 0 spiro atoms. The number of ketones is 1. The van der Waals surface area contributed by atoms with Crippen molar-refractivity contribution in [2.75, 3.05) is 27.2 Å². The van der Waals surface area contributed by atoms with Gasteiger partial charge in [-0.2, -0.15) is 0 Å². The molecular formula is C18H26N2O2. The quantitative estimate of drug-likeness (QED) is 0.647. The topological polar surface area (TPSA) is 43.8 Å². The third-order valence-corrected chi connectivity index (χ3v) is 4.08. The van der Waals surface area contributed by atoms with Crippen LogP contribution in [0.4, 0.5) is 0 Å². The summed E-state index contributed by atoms with van der Waals surface area (Å²) in [5.41, 5.74) is 1.85. The molecule has 1 heterocycles. The number of rotatable bonds is 6. The molecular weight excluding hydrogens is 276 g/mol. The highest BCUT2D eigenvalue weighted by atomic mass is 16.3. The summed E-state index contributed by atoms with van der Waals surface area (Å²) in [5, 5.41) is 9.49. The highest BCUT2D eigenvalue weighted by Crippen LogP contribution is 2.20. The first-order chi connectivity index (χ1) is 10.6. The second kappa shape index (κ2) is 8.11. The molecule has 1 aromatic carbocycles. The minimum Gasteiger partial charge on any atom is -0.395 e. The summed E-state index contributed by atoms with van der Waals surface area (Å²) in [6.45, 7) is 2.03. The molecule has 0 radical (unpaired) electrons. The standard InChI is InChI=1S/C18H26N2O2/c1-19(2)11-9-18(22)16-7-5-6-15(12-16)13-20-10-4-3-8-17(20)14-21/h5-7,9,11-12,17,21H,3-4,8,10,13-14H2,1-2H3. The van der Waals surface area contributed by atoms with Crippen LogP contribution in [-0.4, -0.2) is 54.0 Å². The Morgan fingerprint density at radius 1 is 1.41 bits per heavy atom. The van der Waals surface area contributed by atoms with Crippen molar-refractivity contribution in [1.82, 2.24) is 9.80 Å². The summed E-state index contributed by atoms with van der Waals surface area (Å²) in [6.07, 6.45) is 6.79. The van der Waals surface area contributed by atoms with Gasteiger partial charge in [0.25, 0.3) is 0 Å². The number of hydrogen-bond donors (Lipinski definition) is 1. The molecule has 1 fully saturated rings. The van der Waals surface area contributed by atoms with Crippen LogP contribution in [0.5, 0.6) is 0 Å². The first kappa shape index (κ1) is 16.7. The summed E-state index contributed by atoms with van der Waals surface area (Å²) < 4.78 is 0. The van der Waals surface area contributed by atoms with Crippen molar-refractivity contribution in [1.29, 1.82) is 0 Å². The maximum Gasteiger partial charge on any atom is 0.187 e. The fraction of sp³-hybridized carbons (Fsp3) is 0.500. The van der Waals surface area contributed by atoms with E-state index < -0.39 is 0 Å². The normalized spacial score (nSPS) is 19.5. The van der Waals surface area contributed by atoms with Crippen molar-refractivity contribution in [3.05, 3.63) is 47.7 Å². The van der Waals surface area contributed by atoms with Crippen molar-refractivity contribution in [2.24, 2.45) is 0 Å². The van der Waals surface area contributed by atoms with Crippen molar-refractivity contribution in [2.45, 2.75) is 31.8 Å². The van der Waals surface area contributed by atoms with Gasteiger partial charge in [-0.25, -0.2) is 0 Å². The Balaban J connectivity index is 2.06. The maximum atomic E-state index is 12.1. The van der Waals surface area contributed by atoms with Crippen molar-refractivity contribution < 1.29 is 9.90 Å². The van der Waals surface area contributed by atoms with Gasteiger partial charge in [0.15, 0.2) is 5.78 Å². The lowest BCUT2D eigenvalue weighted by molar-refractivity contribution is 0.0840. The average Bonchev–Trinajstić information content (AvgIpc) is 2.53. The zero-order chi connectivity index (χ0) is 15.9. The number of allylic oxidation sites excluding steroid dienone is 1. The second-order valence-electron chi connectivity index (χ2n) is 6.15. The van der Waals surface area contributed by atoms with E-state index in [0.717, 1.165) is 25.1 Å². The molecule has 0 saturated carbocycles. The molecule has 1 aliphatic rings. The molecule has 0 amide bonds. The third-order valence-electron chi connectivity index (χ3n) is 4.08. The number of carbonyl (C=O) groups is 1. The van der Waals surface area contributed by atoms with Gasteiger partial charge >= 0.3 is 0 Å². The van der Waals surface area contributed by atoms with E-state index in [1.807, 2.05) is 37.2 Å². The molecule has 1 aliphatic heterocycles. The Morgan fingerprint density at radius 2 is 2.23 bits per heavy atom. The molecule has 0 bridgehead atoms. The van der Waals surface area contributed by atoms with Crippen molar-refractivity contribution in [3.8, 4) is 0 Å². The highest BCUT2D eigenvalue weighted by molar-refractivity contribution is 6.04. The van der Waals surface area contributed by atoms with E-state index in [2.05, 4.69) is 11.0 Å². The lowest BCUT2D eigenvalue weighted by Crippen LogP contribution is -2.41. The van der Waals surface area contributed by atoms with Gasteiger partial charge in [-0.05, 0) is 31.0 Å². The Morgan fingerprint density at radius 3 is 2.95 bits per heavy atom. The predicted molar refractivity (Wildman–Crippen MR) is 88.7 cm³/mol. The summed E-state index contributed by atoms with van der Waals surface area (Å²) in [5.74, 6) is 0.0212. The van der Waals surface area contributed by atoms with Gasteiger partial charge < -0.3 is 10.0 Å². The molecule has 22 heavy (non-hydrogen) atoms. The largest absolute Gasteiger partial charge is 0.395 e. The van der Waals surface area contributed by atoms with Gasteiger partial charge in [-0.3, -0.25) is 9.69 Å². The van der Waals surface area contributed by atoms with Crippen LogP contribution in [0.1, 0.15) is 35.2 Å². The van der Waals surface area contributed by atoms with Gasteiger partial charge in [0.2, 0.25) is 0 Å². The number of aliphatic hydroxyl groups is 1. The lowest BCUT2D eigenvalue weighted by atomic mass is 10.0. The van der Waals surface area contributed by atoms with Gasteiger partial charge in [-0.15, -0.1) is 0 Å². The predicted octanol–water partition coefficient (Wildman–Crippen LogP) is 2.29. The van der Waals surface area contributed by atoms with Crippen molar-refractivity contribution >= 4 is 5.78 Å². The molecule has 1 aromatic rings. The zero-order valence-corrected chi connectivity index (χ0v) is 13.5. The summed E-state index contributed by atoms with van der Waals surface area (Å²) >= 11 is 0. The summed E-state index contributed by atoms with van der Waals surface area (Å²) in [4.78, 5) is 16.3. The fourth-order valence-electron chi connectivity index (χ4n) is 2.85. The summed E-state index contributed by atoms with van der Waals surface area (Å²) in [7, 11) is 3.79. The van der Waals surface area contributed by atoms with E-state index in [1.54, 1.807) is 12.3 Å². The monoisotopic (exact) mass is 302 g/mol. The summed E-state index contributed by atoms with van der Waals surface area (Å²) in [6, 6.07) is 8.05. The molecule has 4 nitrogen and oxygen atoms in total. The Labute approximate surface area is 133 Å². The van der Waals surface area contributed by atoms with Gasteiger partial charge in [0.05, 0.1) is 6.61 Å². The lowest BCUT2D eigenvalue weighted by Gasteiger charge is -2.34. The number of aliphatic hydroxyl groups excluding tert-OH is 1. The molecule has 2 rings (SSSR count). The number of piperidine rings is 1. The molecule has 0 aliphatic carbocycles. The van der Waals surface area contributed by atoms with Crippen LogP contribution in [0.3, 0.4) is 0 Å². The molecule has 4 heteroatoms. The minimum atomic E-state index is 0.0212. The number of nitrogens with zero attached hydrogens (tertiary/aromatic N) is 2. The molecule has 1 saturated heterocycles. The Bertz CT molecular complexity index is 526. The molecule has 1 unspecified atom stereocenters. The van der Waals surface area contributed by atoms with E-state index in [1.165, 1.54) is 12.8 Å². The smallest absolute Gasteiger partial charge is 0.187 e. The number of likely N-dealkylation sites (tertiary alicyclic amines) is 1. The van der Waals surface area contributed by atoms with Gasteiger partial charge in [0, 0.05) is 44.5 Å². The van der Waals surface area contributed by atoms with E-state index in [0.29, 0.717) is 5.56 Å². The fourth-order valence-corrected chi connectivity index (χ4v) is 2.85. The number of hydrogen-bond acceptors (Lipinski definition) is 4.